The summed E-state index contributed by atoms with van der Waals surface area (Å²) in [7, 11) is 0. The maximum Gasteiger partial charge on any atom is 0.407 e. The molecular weight excluding hydrogens is 1210 g/mol. The van der Waals surface area contributed by atoms with E-state index in [0.29, 0.717) is 37.7 Å². The van der Waals surface area contributed by atoms with Crippen molar-refractivity contribution < 1.29 is 62.8 Å². The predicted octanol–water partition coefficient (Wildman–Crippen LogP) is 5.27. The van der Waals surface area contributed by atoms with Crippen molar-refractivity contribution in [1.82, 2.24) is 45.0 Å². The molecule has 2 aliphatic carbocycles. The fourth-order valence-corrected chi connectivity index (χ4v) is 14.4. The third kappa shape index (κ3) is 14.4. The van der Waals surface area contributed by atoms with Gasteiger partial charge in [0.2, 0.25) is 41.3 Å². The number of unbranched alkanes of at least 4 members (excludes halogenated alkanes) is 1. The van der Waals surface area contributed by atoms with E-state index in [9.17, 15) is 48.6 Å². The molecule has 5 aliphatic rings. The zero-order valence-electron chi connectivity index (χ0n) is 51.9. The van der Waals surface area contributed by atoms with Crippen molar-refractivity contribution in [2.75, 3.05) is 50.9 Å². The molecule has 3 saturated heterocycles. The molecule has 0 spiro atoms. The number of benzene rings is 4. The number of Topliss-reactive ketones (excluding diaryl/α,β-unsaturated/α-hetero) is 1. The number of ether oxygens (including phenoxy) is 3. The van der Waals surface area contributed by atoms with Crippen molar-refractivity contribution in [2.24, 2.45) is 0 Å². The summed E-state index contributed by atoms with van der Waals surface area (Å²) in [4.78, 5) is 136. The number of alkyl carbamates (subject to hydrolysis) is 1. The average molecular weight is 1290 g/mol. The first-order chi connectivity index (χ1) is 45.0. The monoisotopic (exact) mass is 1290 g/mol. The minimum Gasteiger partial charge on any atom is -0.459 e. The fraction of sp³-hybridized carbons (Fsp3) is 0.441. The van der Waals surface area contributed by atoms with E-state index < -0.39 is 103 Å². The Bertz CT molecular complexity index is 3780. The summed E-state index contributed by atoms with van der Waals surface area (Å²) >= 11 is 1.14. The summed E-state index contributed by atoms with van der Waals surface area (Å²) in [6.07, 6.45) is 0.425. The molecule has 3 aliphatic heterocycles. The van der Waals surface area contributed by atoms with Crippen molar-refractivity contribution >= 4 is 76.3 Å². The number of aliphatic hydroxyl groups excluding tert-OH is 2. The van der Waals surface area contributed by atoms with E-state index in [-0.39, 0.29) is 111 Å². The van der Waals surface area contributed by atoms with E-state index in [0.717, 1.165) is 56.5 Å². The number of hydrogen-bond donors (Lipinski definition) is 8. The molecule has 9 N–H and O–H groups in total. The van der Waals surface area contributed by atoms with Crippen LogP contribution in [-0.4, -0.2) is 169 Å². The molecule has 2 aromatic heterocycles. The van der Waals surface area contributed by atoms with Gasteiger partial charge in [-0.2, -0.15) is 0 Å². The number of aliphatic hydroxyl groups is 2. The van der Waals surface area contributed by atoms with Crippen LogP contribution in [0.25, 0.3) is 33.3 Å². The largest absolute Gasteiger partial charge is 0.459 e. The van der Waals surface area contributed by atoms with Gasteiger partial charge in [0.05, 0.1) is 18.8 Å². The maximum atomic E-state index is 15.0. The van der Waals surface area contributed by atoms with Crippen molar-refractivity contribution in [3.05, 3.63) is 141 Å². The number of rotatable bonds is 26. The molecule has 0 bridgehead atoms. The Morgan fingerprint density at radius 2 is 1.31 bits per heavy atom. The van der Waals surface area contributed by atoms with Crippen LogP contribution < -0.4 is 32.6 Å². The number of nitrogens with zero attached hydrogens (tertiary/aromatic N) is 4. The Hall–Kier alpha value is -8.91. The van der Waals surface area contributed by atoms with Crippen molar-refractivity contribution in [1.29, 1.82) is 0 Å². The minimum atomic E-state index is -1.53. The summed E-state index contributed by atoms with van der Waals surface area (Å²) in [5.41, 5.74) is 14.4. The zero-order chi connectivity index (χ0) is 65.4. The molecule has 24 nitrogen and oxygen atoms in total. The van der Waals surface area contributed by atoms with Gasteiger partial charge in [0.1, 0.15) is 54.5 Å². The standard InChI is InChI=1S/C68H78N10O14S/c1-3-38(2)71-61(83)51(32-55(81)66(88)90-36-48-43-20-8-4-16-39(43)40-17-5-9-21-44(40)48)73-63(85)53-26-15-30-77(53)65(87)50(24-12-13-28-70-68(89)91-37-49-45-22-10-6-18-41(45)42-19-7-11-23-46(42)49)72-62(84)52-25-14-29-76(52)58(82)27-31-93-78-34-47(56-33-54(80)57(35-79)92-56)59-60(78)64(86)75-67(69)74-59/h4-11,16-23,34,38,48-54,56-57,79-80H,3,12-15,24-33,35-37H2,1-2H3,(H,70,89)(H,71,83)(H,72,84)(H,73,85)(H3,69,74,75,86)/t38?,50?,51?,52?,53?,54?,56-,57-/m1/s1. The number of aromatic amines is 1. The molecule has 490 valence electrons. The zero-order valence-corrected chi connectivity index (χ0v) is 52.7. The van der Waals surface area contributed by atoms with Crippen LogP contribution in [0.1, 0.15) is 130 Å². The van der Waals surface area contributed by atoms with Crippen molar-refractivity contribution in [2.45, 2.75) is 145 Å². The summed E-state index contributed by atoms with van der Waals surface area (Å²) in [5.74, 6) is -5.67. The van der Waals surface area contributed by atoms with Gasteiger partial charge >= 0.3 is 12.1 Å². The molecule has 6 amide bonds. The Balaban J connectivity index is 0.748. The van der Waals surface area contributed by atoms with E-state index in [1.807, 2.05) is 104 Å². The Labute approximate surface area is 541 Å². The molecule has 5 heterocycles. The molecule has 11 rings (SSSR count). The van der Waals surface area contributed by atoms with Gasteiger partial charge in [0, 0.05) is 74.3 Å². The molecule has 93 heavy (non-hydrogen) atoms. The molecule has 6 aromatic rings. The van der Waals surface area contributed by atoms with Gasteiger partial charge in [-0.1, -0.05) is 104 Å². The number of hydrogen-bond acceptors (Lipinski definition) is 17. The van der Waals surface area contributed by atoms with Gasteiger partial charge in [0.15, 0.2) is 0 Å². The highest BCUT2D eigenvalue weighted by Crippen LogP contribution is 2.46. The van der Waals surface area contributed by atoms with Crippen LogP contribution in [0.4, 0.5) is 10.7 Å². The number of H-pyrrole nitrogens is 1. The maximum absolute atomic E-state index is 15.0. The smallest absolute Gasteiger partial charge is 0.407 e. The number of aromatic nitrogens is 3. The Morgan fingerprint density at radius 3 is 1.89 bits per heavy atom. The number of likely N-dealkylation sites (tertiary alicyclic amines) is 2. The van der Waals surface area contributed by atoms with Crippen LogP contribution >= 0.6 is 11.9 Å². The molecule has 8 atom stereocenters. The second-order valence-electron chi connectivity index (χ2n) is 24.4. The second-order valence-corrected chi connectivity index (χ2v) is 25.4. The Morgan fingerprint density at radius 1 is 0.753 bits per heavy atom. The fourth-order valence-electron chi connectivity index (χ4n) is 13.5. The quantitative estimate of drug-likeness (QED) is 0.0195. The van der Waals surface area contributed by atoms with Crippen LogP contribution in [0.5, 0.6) is 0 Å². The van der Waals surface area contributed by atoms with Crippen LogP contribution in [0.2, 0.25) is 0 Å². The normalized spacial score (nSPS) is 19.8. The topological polar surface area (TPSA) is 336 Å². The first kappa shape index (κ1) is 65.6. The van der Waals surface area contributed by atoms with Gasteiger partial charge in [0.25, 0.3) is 5.56 Å². The van der Waals surface area contributed by atoms with E-state index in [1.54, 1.807) is 17.1 Å². The highest BCUT2D eigenvalue weighted by Gasteiger charge is 2.43. The third-order valence-corrected chi connectivity index (χ3v) is 19.4. The van der Waals surface area contributed by atoms with E-state index in [2.05, 4.69) is 31.2 Å². The predicted molar refractivity (Wildman–Crippen MR) is 345 cm³/mol. The van der Waals surface area contributed by atoms with Gasteiger partial charge in [-0.25, -0.2) is 14.6 Å². The number of nitrogens with two attached hydrogens (primary N) is 1. The van der Waals surface area contributed by atoms with Crippen molar-refractivity contribution in [3.63, 3.8) is 0 Å². The van der Waals surface area contributed by atoms with Gasteiger partial charge in [-0.15, -0.1) is 0 Å². The van der Waals surface area contributed by atoms with E-state index in [4.69, 9.17) is 19.9 Å². The number of carbonyl (C=O) groups excluding carboxylic acids is 8. The van der Waals surface area contributed by atoms with Gasteiger partial charge < -0.3 is 61.2 Å². The van der Waals surface area contributed by atoms with Gasteiger partial charge in [-0.3, -0.25) is 42.5 Å². The molecule has 0 saturated carbocycles. The van der Waals surface area contributed by atoms with Crippen LogP contribution in [0.15, 0.2) is 108 Å². The number of nitrogens with one attached hydrogen (secondary N) is 5. The summed E-state index contributed by atoms with van der Waals surface area (Å²) in [5, 5.41) is 31.5. The first-order valence-corrected chi connectivity index (χ1v) is 32.9. The number of nitrogen functional groups attached to an aromatic ring is 1. The average Bonchev–Trinajstić information content (AvgIpc) is 1.65. The lowest BCUT2D eigenvalue weighted by Crippen LogP contribution is -2.58. The number of fused-ring (bicyclic) bond motifs is 7. The summed E-state index contributed by atoms with van der Waals surface area (Å²) < 4.78 is 18.8. The van der Waals surface area contributed by atoms with Crippen LogP contribution in [0, 0.1) is 0 Å². The SMILES string of the molecule is CCC(C)NC(=O)C(CC(=O)C(=O)OCC1c2ccccc2-c2ccccc21)NC(=O)C1CCCN1C(=O)C(CCCCNC(=O)OCC1c2ccccc2-c2ccccc21)NC(=O)C1CCCN1C(=O)CCSn1cc([C@H]2CC(O)[C@@H](CO)O2)c2nc(N)[nH]c(=O)c21. The lowest BCUT2D eigenvalue weighted by atomic mass is 9.98. The number of amides is 6. The molecule has 0 radical (unpaired) electrons. The minimum absolute atomic E-state index is 0.0611. The van der Waals surface area contributed by atoms with Crippen molar-refractivity contribution in [3.8, 4) is 22.3 Å². The van der Waals surface area contributed by atoms with Crippen LogP contribution in [-0.2, 0) is 47.8 Å². The van der Waals surface area contributed by atoms with Gasteiger partial charge in [-0.05, 0) is 115 Å². The summed E-state index contributed by atoms with van der Waals surface area (Å²) in [6.45, 7) is 3.68. The lowest BCUT2D eigenvalue weighted by Gasteiger charge is -2.31. The van der Waals surface area contributed by atoms with Crippen LogP contribution in [0.3, 0.4) is 0 Å². The third-order valence-electron chi connectivity index (χ3n) is 18.4. The molecular formula is C68H78N10O14S. The molecule has 6 unspecified atom stereocenters. The lowest BCUT2D eigenvalue weighted by molar-refractivity contribution is -0.154. The number of esters is 1. The molecule has 4 aromatic carbocycles. The van der Waals surface area contributed by atoms with E-state index in [1.165, 1.54) is 9.80 Å². The number of ketones is 1. The second kappa shape index (κ2) is 29.4. The number of anilines is 1. The highest BCUT2D eigenvalue weighted by molar-refractivity contribution is 7.98. The first-order valence-electron chi connectivity index (χ1n) is 32.0. The highest BCUT2D eigenvalue weighted by atomic mass is 32.2. The molecule has 25 heteroatoms. The van der Waals surface area contributed by atoms with E-state index >= 15 is 4.79 Å². The molecule has 3 fully saturated rings. The Kier molecular flexibility index (Phi) is 20.7. The number of carbonyl (C=O) groups is 8. The summed E-state index contributed by atoms with van der Waals surface area (Å²) in [6, 6.07) is 26.3.